The Labute approximate surface area is 365 Å². The van der Waals surface area contributed by atoms with Crippen LogP contribution in [0.15, 0.2) is 12.2 Å². The van der Waals surface area contributed by atoms with Gasteiger partial charge in [0, 0.05) is 20.0 Å². The molecule has 0 aliphatic carbocycles. The molecule has 2 unspecified atom stereocenters. The molecule has 0 saturated carbocycles. The van der Waals surface area contributed by atoms with E-state index in [-0.39, 0.29) is 19.0 Å². The lowest BCUT2D eigenvalue weighted by molar-refractivity contribution is -0.161. The summed E-state index contributed by atoms with van der Waals surface area (Å²) < 4.78 is 32.1. The van der Waals surface area contributed by atoms with Gasteiger partial charge in [0.1, 0.15) is 6.61 Å². The fraction of sp³-hybridized carbons (Fsp3) is 0.920. The lowest BCUT2D eigenvalue weighted by atomic mass is 10.0. The van der Waals surface area contributed by atoms with Gasteiger partial charge in [-0.25, -0.2) is 4.57 Å². The lowest BCUT2D eigenvalue weighted by Crippen LogP contribution is -2.29. The third-order valence-electron chi connectivity index (χ3n) is 11.5. The predicted octanol–water partition coefficient (Wildman–Crippen LogP) is 16.4. The Morgan fingerprint density at radius 2 is 0.763 bits per heavy atom. The second-order valence-corrected chi connectivity index (χ2v) is 18.9. The maximum absolute atomic E-state index is 12.5. The normalized spacial score (nSPS) is 13.2. The largest absolute Gasteiger partial charge is 0.472 e. The Morgan fingerprint density at radius 3 is 1.10 bits per heavy atom. The summed E-state index contributed by atoms with van der Waals surface area (Å²) in [6, 6.07) is 0. The number of carbonyl (C=O) groups is 2. The van der Waals surface area contributed by atoms with Crippen molar-refractivity contribution in [3.8, 4) is 0 Å². The molecule has 0 rings (SSSR count). The first-order valence-electron chi connectivity index (χ1n) is 25.4. The SMILES string of the molecule is CCCCCCCC/C=C\CCCCCCCCCC(=O)OC(COC(=O)CCCCCCCCCCCCCCCCCCCCCCCCC)COP(=O)(O)OC. The highest BCUT2D eigenvalue weighted by Gasteiger charge is 2.24. The maximum atomic E-state index is 12.5. The number of hydrogen-bond donors (Lipinski definition) is 1. The van der Waals surface area contributed by atoms with Crippen molar-refractivity contribution in [2.75, 3.05) is 20.3 Å². The van der Waals surface area contributed by atoms with Crippen LogP contribution in [0.3, 0.4) is 0 Å². The van der Waals surface area contributed by atoms with Gasteiger partial charge in [-0.2, -0.15) is 0 Å². The molecule has 9 heteroatoms. The van der Waals surface area contributed by atoms with Crippen molar-refractivity contribution < 1.29 is 37.6 Å². The molecule has 0 fully saturated rings. The summed E-state index contributed by atoms with van der Waals surface area (Å²) >= 11 is 0. The molecule has 0 bridgehead atoms. The fourth-order valence-electron chi connectivity index (χ4n) is 7.60. The van der Waals surface area contributed by atoms with Gasteiger partial charge in [-0.1, -0.05) is 231 Å². The molecular formula is C50H97O8P. The first-order chi connectivity index (χ1) is 28.8. The van der Waals surface area contributed by atoms with Crippen LogP contribution in [0.25, 0.3) is 0 Å². The van der Waals surface area contributed by atoms with Crippen LogP contribution < -0.4 is 0 Å². The van der Waals surface area contributed by atoms with E-state index in [9.17, 15) is 19.0 Å². The molecule has 0 aromatic carbocycles. The van der Waals surface area contributed by atoms with E-state index < -0.39 is 26.5 Å². The van der Waals surface area contributed by atoms with Gasteiger partial charge < -0.3 is 14.4 Å². The quantitative estimate of drug-likeness (QED) is 0.0279. The van der Waals surface area contributed by atoms with Crippen LogP contribution in [-0.4, -0.2) is 43.3 Å². The first-order valence-corrected chi connectivity index (χ1v) is 26.9. The second kappa shape index (κ2) is 46.3. The van der Waals surface area contributed by atoms with Crippen LogP contribution in [0.1, 0.15) is 271 Å². The Morgan fingerprint density at radius 1 is 0.458 bits per heavy atom. The van der Waals surface area contributed by atoms with E-state index in [2.05, 4.69) is 30.5 Å². The summed E-state index contributed by atoms with van der Waals surface area (Å²) in [5.74, 6) is -0.792. The molecule has 59 heavy (non-hydrogen) atoms. The van der Waals surface area contributed by atoms with Crippen molar-refractivity contribution in [2.45, 2.75) is 277 Å². The summed E-state index contributed by atoms with van der Waals surface area (Å²) in [6.45, 7) is 3.93. The average Bonchev–Trinajstić information content (AvgIpc) is 3.23. The minimum Gasteiger partial charge on any atom is -0.462 e. The van der Waals surface area contributed by atoms with Crippen LogP contribution in [0.2, 0.25) is 0 Å². The van der Waals surface area contributed by atoms with Gasteiger partial charge in [0.25, 0.3) is 0 Å². The van der Waals surface area contributed by atoms with Crippen LogP contribution in [0.4, 0.5) is 0 Å². The average molecular weight is 857 g/mol. The van der Waals surface area contributed by atoms with E-state index in [0.29, 0.717) is 12.8 Å². The molecule has 0 spiro atoms. The number of phosphoric ester groups is 1. The lowest BCUT2D eigenvalue weighted by Gasteiger charge is -2.19. The number of carbonyl (C=O) groups excluding carboxylic acids is 2. The summed E-state index contributed by atoms with van der Waals surface area (Å²) in [4.78, 5) is 34.6. The van der Waals surface area contributed by atoms with Gasteiger partial charge in [-0.3, -0.25) is 18.6 Å². The Balaban J connectivity index is 3.84. The standard InChI is InChI=1S/C50H97O8P/c1-4-6-8-10-12-14-16-18-20-22-23-24-25-26-27-29-30-32-34-36-38-40-42-44-49(51)56-46-48(47-57-59(53,54)55-3)58-50(52)45-43-41-39-37-35-33-31-28-21-19-17-15-13-11-9-7-5-2/h19,21,48H,4-18,20,22-47H2,1-3H3,(H,53,54)/b21-19-. The third kappa shape index (κ3) is 46.1. The van der Waals surface area contributed by atoms with E-state index in [4.69, 9.17) is 14.0 Å². The summed E-state index contributed by atoms with van der Waals surface area (Å²) in [5, 5.41) is 0. The number of ether oxygens (including phenoxy) is 2. The predicted molar refractivity (Wildman–Crippen MR) is 249 cm³/mol. The number of unbranched alkanes of at least 4 members (excludes halogenated alkanes) is 35. The van der Waals surface area contributed by atoms with Gasteiger partial charge in [0.05, 0.1) is 6.61 Å². The van der Waals surface area contributed by atoms with E-state index in [1.165, 1.54) is 193 Å². The molecule has 8 nitrogen and oxygen atoms in total. The van der Waals surface area contributed by atoms with Gasteiger partial charge >= 0.3 is 19.8 Å². The summed E-state index contributed by atoms with van der Waals surface area (Å²) in [7, 11) is -3.19. The van der Waals surface area contributed by atoms with Crippen LogP contribution >= 0.6 is 7.82 Å². The Hall–Kier alpha value is -1.21. The third-order valence-corrected chi connectivity index (χ3v) is 12.4. The zero-order valence-electron chi connectivity index (χ0n) is 39.2. The van der Waals surface area contributed by atoms with Crippen molar-refractivity contribution in [3.05, 3.63) is 12.2 Å². The number of rotatable bonds is 48. The highest BCUT2D eigenvalue weighted by Crippen LogP contribution is 2.42. The zero-order valence-corrected chi connectivity index (χ0v) is 40.1. The molecule has 0 aliphatic heterocycles. The van der Waals surface area contributed by atoms with E-state index in [1.807, 2.05) is 0 Å². The molecule has 0 aliphatic rings. The number of allylic oxidation sites excluding steroid dienone is 2. The van der Waals surface area contributed by atoms with Crippen LogP contribution in [0.5, 0.6) is 0 Å². The van der Waals surface area contributed by atoms with Gasteiger partial charge in [0.15, 0.2) is 6.10 Å². The molecule has 0 aromatic heterocycles. The number of esters is 2. The van der Waals surface area contributed by atoms with Crippen molar-refractivity contribution >= 4 is 19.8 Å². The van der Waals surface area contributed by atoms with Crippen molar-refractivity contribution in [1.29, 1.82) is 0 Å². The molecule has 0 aromatic rings. The maximum Gasteiger partial charge on any atom is 0.472 e. The van der Waals surface area contributed by atoms with Crippen molar-refractivity contribution in [2.24, 2.45) is 0 Å². The minimum absolute atomic E-state index is 0.220. The smallest absolute Gasteiger partial charge is 0.462 e. The summed E-state index contributed by atoms with van der Waals surface area (Å²) in [5.41, 5.74) is 0. The summed E-state index contributed by atoms with van der Waals surface area (Å²) in [6.07, 6.45) is 52.8. The number of hydrogen-bond acceptors (Lipinski definition) is 7. The highest BCUT2D eigenvalue weighted by molar-refractivity contribution is 7.47. The molecule has 0 radical (unpaired) electrons. The molecule has 0 amide bonds. The van der Waals surface area contributed by atoms with Crippen molar-refractivity contribution in [3.63, 3.8) is 0 Å². The van der Waals surface area contributed by atoms with Gasteiger partial charge in [-0.15, -0.1) is 0 Å². The van der Waals surface area contributed by atoms with E-state index in [1.54, 1.807) is 0 Å². The monoisotopic (exact) mass is 857 g/mol. The second-order valence-electron chi connectivity index (χ2n) is 17.3. The van der Waals surface area contributed by atoms with Gasteiger partial charge in [-0.05, 0) is 38.5 Å². The molecule has 0 saturated heterocycles. The fourth-order valence-corrected chi connectivity index (χ4v) is 8.06. The van der Waals surface area contributed by atoms with E-state index >= 15 is 0 Å². The van der Waals surface area contributed by atoms with Crippen molar-refractivity contribution in [1.82, 2.24) is 0 Å². The first kappa shape index (κ1) is 57.8. The zero-order chi connectivity index (χ0) is 43.2. The minimum atomic E-state index is -4.26. The molecule has 350 valence electrons. The molecular weight excluding hydrogens is 760 g/mol. The Kier molecular flexibility index (Phi) is 45.3. The molecule has 2 atom stereocenters. The van der Waals surface area contributed by atoms with Gasteiger partial charge in [0.2, 0.25) is 0 Å². The highest BCUT2D eigenvalue weighted by atomic mass is 31.2. The molecule has 1 N–H and O–H groups in total. The molecule has 0 heterocycles. The van der Waals surface area contributed by atoms with Crippen LogP contribution in [-0.2, 0) is 32.7 Å². The van der Waals surface area contributed by atoms with E-state index in [0.717, 1.165) is 52.1 Å². The Bertz CT molecular complexity index is 973. The topological polar surface area (TPSA) is 108 Å². The number of phosphoric acid groups is 1. The van der Waals surface area contributed by atoms with Crippen LogP contribution in [0, 0.1) is 0 Å².